The van der Waals surface area contributed by atoms with E-state index in [-0.39, 0.29) is 11.8 Å². The molecule has 2 fully saturated rings. The lowest BCUT2D eigenvalue weighted by molar-refractivity contribution is -0.187. The molecule has 5 nitrogen and oxygen atoms in total. The number of ketones is 1. The molecule has 138 valence electrons. The molecular weight excluding hydrogens is 330 g/mol. The van der Waals surface area contributed by atoms with Crippen molar-refractivity contribution < 1.29 is 19.4 Å². The van der Waals surface area contributed by atoms with Gasteiger partial charge in [-0.2, -0.15) is 0 Å². The van der Waals surface area contributed by atoms with Crippen LogP contribution in [0.25, 0.3) is 0 Å². The molecule has 2 unspecified atom stereocenters. The van der Waals surface area contributed by atoms with E-state index in [1.54, 1.807) is 0 Å². The predicted octanol–water partition coefficient (Wildman–Crippen LogP) is 1.99. The topological polar surface area (TPSA) is 59.0 Å². The normalized spacial score (nSPS) is 37.1. The first-order chi connectivity index (χ1) is 12.6. The number of hydrogen-bond donors (Lipinski definition) is 1. The summed E-state index contributed by atoms with van der Waals surface area (Å²) in [7, 11) is 0. The van der Waals surface area contributed by atoms with E-state index in [0.29, 0.717) is 30.9 Å². The van der Waals surface area contributed by atoms with Crippen LogP contribution in [0.2, 0.25) is 0 Å². The van der Waals surface area contributed by atoms with Crippen LogP contribution in [-0.2, 0) is 16.6 Å². The third-order valence-electron chi connectivity index (χ3n) is 7.02. The number of piperidine rings is 1. The molecule has 26 heavy (non-hydrogen) atoms. The first-order valence-electron chi connectivity index (χ1n) is 9.62. The van der Waals surface area contributed by atoms with Gasteiger partial charge in [0.2, 0.25) is 0 Å². The van der Waals surface area contributed by atoms with Gasteiger partial charge in [-0.1, -0.05) is 12.1 Å². The fourth-order valence-corrected chi connectivity index (χ4v) is 6.06. The van der Waals surface area contributed by atoms with Gasteiger partial charge in [0.05, 0.1) is 17.6 Å². The number of hydrogen-bond acceptors (Lipinski definition) is 5. The van der Waals surface area contributed by atoms with Crippen LogP contribution in [0.1, 0.15) is 37.3 Å². The monoisotopic (exact) mass is 355 g/mol. The summed E-state index contributed by atoms with van der Waals surface area (Å²) >= 11 is 0. The molecular formula is C21H25NO4. The summed E-state index contributed by atoms with van der Waals surface area (Å²) in [6.07, 6.45) is 3.67. The molecule has 4 atom stereocenters. The van der Waals surface area contributed by atoms with E-state index in [1.807, 2.05) is 19.1 Å². The summed E-state index contributed by atoms with van der Waals surface area (Å²) in [5.41, 5.74) is 0.638. The Kier molecular flexibility index (Phi) is 3.35. The highest BCUT2D eigenvalue weighted by Gasteiger charge is 2.73. The van der Waals surface area contributed by atoms with Gasteiger partial charge >= 0.3 is 0 Å². The molecule has 1 aromatic rings. The summed E-state index contributed by atoms with van der Waals surface area (Å²) in [4.78, 5) is 15.2. The second kappa shape index (κ2) is 5.33. The maximum Gasteiger partial charge on any atom is 0.174 e. The zero-order chi connectivity index (χ0) is 18.1. The van der Waals surface area contributed by atoms with Crippen LogP contribution in [0, 0.1) is 0 Å². The molecule has 1 N–H and O–H groups in total. The molecule has 1 spiro atoms. The van der Waals surface area contributed by atoms with Crippen molar-refractivity contribution in [1.82, 2.24) is 4.90 Å². The largest absolute Gasteiger partial charge is 0.490 e. The minimum Gasteiger partial charge on any atom is -0.490 e. The Balaban J connectivity index is 1.76. The van der Waals surface area contributed by atoms with Crippen LogP contribution >= 0.6 is 0 Å². The average Bonchev–Trinajstić information content (AvgIpc) is 2.98. The van der Waals surface area contributed by atoms with E-state index in [0.717, 1.165) is 31.5 Å². The molecule has 5 heteroatoms. The molecule has 1 saturated carbocycles. The smallest absolute Gasteiger partial charge is 0.174 e. The lowest BCUT2D eigenvalue weighted by Gasteiger charge is -2.62. The van der Waals surface area contributed by atoms with Crippen LogP contribution in [0.4, 0.5) is 0 Å². The van der Waals surface area contributed by atoms with Gasteiger partial charge in [0.15, 0.2) is 23.4 Å². The minimum atomic E-state index is -0.948. The molecule has 4 aliphatic rings. The molecule has 0 aromatic heterocycles. The number of carbonyl (C=O) groups excluding carboxylic acids is 1. The zero-order valence-electron chi connectivity index (χ0n) is 15.2. The van der Waals surface area contributed by atoms with Crippen LogP contribution in [-0.4, -0.2) is 53.2 Å². The van der Waals surface area contributed by atoms with E-state index in [4.69, 9.17) is 9.47 Å². The SMILES string of the molecule is C=CCN1CCC23c4c5ccc(OCC)c4O[C@H]2C(=O)CCC3(O)[C@H]1C5. The Hall–Kier alpha value is -1.85. The second-order valence-electron chi connectivity index (χ2n) is 7.97. The Bertz CT molecular complexity index is 805. The summed E-state index contributed by atoms with van der Waals surface area (Å²) in [6, 6.07) is 4.04. The molecule has 0 amide bonds. The summed E-state index contributed by atoms with van der Waals surface area (Å²) in [5.74, 6) is 1.49. The molecule has 0 radical (unpaired) electrons. The van der Waals surface area contributed by atoms with Crippen LogP contribution < -0.4 is 9.47 Å². The second-order valence-corrected chi connectivity index (χ2v) is 7.97. The number of aliphatic hydroxyl groups is 1. The van der Waals surface area contributed by atoms with E-state index < -0.39 is 17.1 Å². The van der Waals surface area contributed by atoms with Gasteiger partial charge in [-0.3, -0.25) is 9.69 Å². The van der Waals surface area contributed by atoms with Crippen LogP contribution in [0.3, 0.4) is 0 Å². The van der Waals surface area contributed by atoms with Crippen molar-refractivity contribution >= 4 is 5.78 Å². The van der Waals surface area contributed by atoms with Crippen molar-refractivity contribution in [2.45, 2.75) is 55.8 Å². The van der Waals surface area contributed by atoms with Crippen molar-refractivity contribution in [3.8, 4) is 11.5 Å². The van der Waals surface area contributed by atoms with E-state index in [1.165, 1.54) is 5.56 Å². The van der Waals surface area contributed by atoms with Gasteiger partial charge in [0.1, 0.15) is 0 Å². The van der Waals surface area contributed by atoms with Crippen LogP contribution in [0.5, 0.6) is 11.5 Å². The van der Waals surface area contributed by atoms with Gasteiger partial charge in [-0.25, -0.2) is 0 Å². The van der Waals surface area contributed by atoms with Gasteiger partial charge < -0.3 is 14.6 Å². The zero-order valence-corrected chi connectivity index (χ0v) is 15.2. The lowest BCUT2D eigenvalue weighted by atomic mass is 9.49. The fourth-order valence-electron chi connectivity index (χ4n) is 6.06. The fraction of sp³-hybridized carbons (Fsp3) is 0.571. The number of benzene rings is 1. The molecule has 2 bridgehead atoms. The third-order valence-corrected chi connectivity index (χ3v) is 7.02. The number of rotatable bonds is 4. The number of Topliss-reactive ketones (excluding diaryl/α,β-unsaturated/α-hetero) is 1. The standard InChI is InChI=1S/C21H25NO4/c1-3-10-22-11-9-20-17-13-5-6-15(25-4-2)18(17)26-19(20)14(23)7-8-21(20,24)16(22)12-13/h3,5-6,16,19,24H,1,4,7-12H2,2H3/t16-,19+,20?,21?/m1/s1. The molecule has 2 heterocycles. The van der Waals surface area contributed by atoms with E-state index >= 15 is 0 Å². The van der Waals surface area contributed by atoms with Crippen molar-refractivity contribution in [3.63, 3.8) is 0 Å². The van der Waals surface area contributed by atoms with E-state index in [2.05, 4.69) is 17.5 Å². The number of ether oxygens (including phenoxy) is 2. The minimum absolute atomic E-state index is 0.00940. The van der Waals surface area contributed by atoms with Crippen molar-refractivity contribution in [1.29, 1.82) is 0 Å². The van der Waals surface area contributed by atoms with Crippen molar-refractivity contribution in [2.75, 3.05) is 19.7 Å². The van der Waals surface area contributed by atoms with Gasteiger partial charge in [0, 0.05) is 31.1 Å². The van der Waals surface area contributed by atoms with Crippen molar-refractivity contribution in [2.24, 2.45) is 0 Å². The van der Waals surface area contributed by atoms with Crippen molar-refractivity contribution in [3.05, 3.63) is 35.9 Å². The third kappa shape index (κ3) is 1.71. The van der Waals surface area contributed by atoms with Gasteiger partial charge in [-0.05, 0) is 37.8 Å². The molecule has 2 aliphatic heterocycles. The first-order valence-corrected chi connectivity index (χ1v) is 9.62. The lowest BCUT2D eigenvalue weighted by Crippen LogP contribution is -2.76. The molecule has 2 aliphatic carbocycles. The van der Waals surface area contributed by atoms with Gasteiger partial charge in [-0.15, -0.1) is 6.58 Å². The Morgan fingerprint density at radius 2 is 2.31 bits per heavy atom. The van der Waals surface area contributed by atoms with Gasteiger partial charge in [0.25, 0.3) is 0 Å². The Morgan fingerprint density at radius 3 is 3.08 bits per heavy atom. The molecule has 1 aromatic carbocycles. The highest BCUT2D eigenvalue weighted by Crippen LogP contribution is 2.64. The maximum atomic E-state index is 12.8. The quantitative estimate of drug-likeness (QED) is 0.837. The molecule has 5 rings (SSSR count). The number of likely N-dealkylation sites (tertiary alicyclic amines) is 1. The summed E-state index contributed by atoms with van der Waals surface area (Å²) < 4.78 is 12.1. The first kappa shape index (κ1) is 16.3. The maximum absolute atomic E-state index is 12.8. The number of nitrogens with zero attached hydrogens (tertiary/aromatic N) is 1. The Morgan fingerprint density at radius 1 is 1.46 bits per heavy atom. The molecule has 1 saturated heterocycles. The number of carbonyl (C=O) groups is 1. The highest BCUT2D eigenvalue weighted by molar-refractivity contribution is 5.90. The van der Waals surface area contributed by atoms with Crippen LogP contribution in [0.15, 0.2) is 24.8 Å². The summed E-state index contributed by atoms with van der Waals surface area (Å²) in [6.45, 7) is 7.95. The predicted molar refractivity (Wildman–Crippen MR) is 96.8 cm³/mol. The Labute approximate surface area is 153 Å². The van der Waals surface area contributed by atoms with E-state index in [9.17, 15) is 9.90 Å². The highest BCUT2D eigenvalue weighted by atomic mass is 16.5. The average molecular weight is 355 g/mol. The summed E-state index contributed by atoms with van der Waals surface area (Å²) in [5, 5.41) is 12.0.